The van der Waals surface area contributed by atoms with Crippen molar-refractivity contribution >= 4 is 29.2 Å². The van der Waals surface area contributed by atoms with Crippen LogP contribution in [0.25, 0.3) is 0 Å². The van der Waals surface area contributed by atoms with Crippen LogP contribution in [0.2, 0.25) is 0 Å². The number of amides is 2. The summed E-state index contributed by atoms with van der Waals surface area (Å²) >= 11 is 1.80. The van der Waals surface area contributed by atoms with Crippen LogP contribution in [0.3, 0.4) is 0 Å². The molecule has 2 aromatic carbocycles. The highest BCUT2D eigenvalue weighted by atomic mass is 32.2. The summed E-state index contributed by atoms with van der Waals surface area (Å²) < 4.78 is 1.80. The number of anilines is 2. The Balaban J connectivity index is 1.33. The van der Waals surface area contributed by atoms with E-state index in [2.05, 4.69) is 74.3 Å². The summed E-state index contributed by atoms with van der Waals surface area (Å²) in [5, 5.41) is 13.7. The molecule has 3 aromatic rings. The number of nitrogens with zero attached hydrogens (tertiary/aromatic N) is 4. The SMILES string of the molecule is CC(NC(=O)NCCCN1c2ccccc2Sc2ccccc21)c1nncn1C. The van der Waals surface area contributed by atoms with Crippen molar-refractivity contribution in [2.24, 2.45) is 7.05 Å². The minimum absolute atomic E-state index is 0.199. The number of carbonyl (C=O) groups is 1. The van der Waals surface area contributed by atoms with Crippen molar-refractivity contribution in [1.82, 2.24) is 25.4 Å². The zero-order valence-electron chi connectivity index (χ0n) is 16.5. The lowest BCUT2D eigenvalue weighted by Gasteiger charge is -2.32. The lowest BCUT2D eigenvalue weighted by molar-refractivity contribution is 0.237. The van der Waals surface area contributed by atoms with E-state index in [0.717, 1.165) is 18.8 Å². The standard InChI is InChI=1S/C21H24N6OS/c1-15(20-25-23-14-26(20)2)24-21(28)22-12-7-13-27-16-8-3-5-10-18(16)29-19-11-6-4-9-17(19)27/h3-6,8-11,14-15H,7,12-13H2,1-2H3,(H2,22,24,28). The van der Waals surface area contributed by atoms with E-state index in [1.807, 2.05) is 14.0 Å². The van der Waals surface area contributed by atoms with Gasteiger partial charge < -0.3 is 20.1 Å². The van der Waals surface area contributed by atoms with E-state index in [9.17, 15) is 4.79 Å². The highest BCUT2D eigenvalue weighted by Crippen LogP contribution is 2.47. The van der Waals surface area contributed by atoms with Crippen molar-refractivity contribution in [2.45, 2.75) is 29.2 Å². The zero-order valence-corrected chi connectivity index (χ0v) is 17.3. The predicted octanol–water partition coefficient (Wildman–Crippen LogP) is 3.87. The number of nitrogens with one attached hydrogen (secondary N) is 2. The van der Waals surface area contributed by atoms with Gasteiger partial charge in [-0.1, -0.05) is 36.0 Å². The number of carbonyl (C=O) groups excluding carboxylic acids is 1. The number of para-hydroxylation sites is 2. The molecule has 1 aliphatic rings. The van der Waals surface area contributed by atoms with Crippen LogP contribution >= 0.6 is 11.8 Å². The van der Waals surface area contributed by atoms with Crippen molar-refractivity contribution in [2.75, 3.05) is 18.0 Å². The monoisotopic (exact) mass is 408 g/mol. The van der Waals surface area contributed by atoms with Gasteiger partial charge in [0.15, 0.2) is 5.82 Å². The Morgan fingerprint density at radius 2 is 1.76 bits per heavy atom. The average molecular weight is 409 g/mol. The number of hydrogen-bond acceptors (Lipinski definition) is 5. The third-order valence-electron chi connectivity index (χ3n) is 4.86. The highest BCUT2D eigenvalue weighted by molar-refractivity contribution is 7.99. The smallest absolute Gasteiger partial charge is 0.315 e. The fourth-order valence-corrected chi connectivity index (χ4v) is 4.55. The number of urea groups is 1. The van der Waals surface area contributed by atoms with Gasteiger partial charge in [0.05, 0.1) is 17.4 Å². The van der Waals surface area contributed by atoms with Gasteiger partial charge in [-0.25, -0.2) is 4.79 Å². The Labute approximate surface area is 174 Å². The minimum atomic E-state index is -0.208. The van der Waals surface area contributed by atoms with Crippen molar-refractivity contribution in [3.05, 3.63) is 60.7 Å². The molecule has 4 rings (SSSR count). The predicted molar refractivity (Wildman–Crippen MR) is 115 cm³/mol. The molecule has 1 aliphatic heterocycles. The number of aryl methyl sites for hydroxylation is 1. The van der Waals surface area contributed by atoms with Crippen LogP contribution < -0.4 is 15.5 Å². The Kier molecular flexibility index (Phi) is 5.71. The number of benzene rings is 2. The molecule has 8 heteroatoms. The first-order chi connectivity index (χ1) is 14.1. The molecule has 0 bridgehead atoms. The lowest BCUT2D eigenvalue weighted by Crippen LogP contribution is -2.39. The molecule has 0 fully saturated rings. The van der Waals surface area contributed by atoms with Crippen LogP contribution in [-0.2, 0) is 7.05 Å². The Hall–Kier alpha value is -3.00. The molecule has 150 valence electrons. The molecule has 0 aliphatic carbocycles. The maximum absolute atomic E-state index is 12.2. The normalized spacial score (nSPS) is 13.4. The van der Waals surface area contributed by atoms with E-state index < -0.39 is 0 Å². The molecule has 2 heterocycles. The fraction of sp³-hybridized carbons (Fsp3) is 0.286. The molecule has 7 nitrogen and oxygen atoms in total. The van der Waals surface area contributed by atoms with Gasteiger partial charge in [-0.15, -0.1) is 10.2 Å². The topological polar surface area (TPSA) is 75.1 Å². The second kappa shape index (κ2) is 8.57. The Morgan fingerprint density at radius 1 is 1.10 bits per heavy atom. The van der Waals surface area contributed by atoms with Gasteiger partial charge in [0.2, 0.25) is 0 Å². The van der Waals surface area contributed by atoms with Gasteiger partial charge >= 0.3 is 6.03 Å². The van der Waals surface area contributed by atoms with Crippen molar-refractivity contribution < 1.29 is 4.79 Å². The number of hydrogen-bond donors (Lipinski definition) is 2. The number of fused-ring (bicyclic) bond motifs is 2. The van der Waals surface area contributed by atoms with Gasteiger partial charge in [-0.2, -0.15) is 0 Å². The third kappa shape index (κ3) is 4.22. The van der Waals surface area contributed by atoms with Gasteiger partial charge in [0.25, 0.3) is 0 Å². The summed E-state index contributed by atoms with van der Waals surface area (Å²) in [5.41, 5.74) is 2.44. The molecular formula is C21H24N6OS. The highest BCUT2D eigenvalue weighted by Gasteiger charge is 2.22. The first-order valence-corrected chi connectivity index (χ1v) is 10.5. The molecule has 1 atom stereocenters. The first kappa shape index (κ1) is 19.3. The molecular weight excluding hydrogens is 384 g/mol. The summed E-state index contributed by atoms with van der Waals surface area (Å²) in [6.07, 6.45) is 2.46. The van der Waals surface area contributed by atoms with Gasteiger partial charge in [-0.05, 0) is 37.6 Å². The van der Waals surface area contributed by atoms with E-state index in [0.29, 0.717) is 6.54 Å². The molecule has 29 heavy (non-hydrogen) atoms. The van der Waals surface area contributed by atoms with Crippen LogP contribution in [0.1, 0.15) is 25.2 Å². The van der Waals surface area contributed by atoms with Crippen molar-refractivity contribution in [3.63, 3.8) is 0 Å². The summed E-state index contributed by atoms with van der Waals surface area (Å²) in [7, 11) is 1.86. The van der Waals surface area contributed by atoms with Crippen molar-refractivity contribution in [1.29, 1.82) is 0 Å². The second-order valence-corrected chi connectivity index (χ2v) is 8.05. The summed E-state index contributed by atoms with van der Waals surface area (Å²) in [6, 6.07) is 16.5. The minimum Gasteiger partial charge on any atom is -0.340 e. The Morgan fingerprint density at radius 3 is 2.38 bits per heavy atom. The zero-order chi connectivity index (χ0) is 20.2. The largest absolute Gasteiger partial charge is 0.340 e. The second-order valence-electron chi connectivity index (χ2n) is 6.96. The molecule has 0 saturated carbocycles. The molecule has 0 spiro atoms. The average Bonchev–Trinajstić information content (AvgIpc) is 3.16. The van der Waals surface area contributed by atoms with Gasteiger partial charge in [0.1, 0.15) is 6.33 Å². The molecule has 1 aromatic heterocycles. The van der Waals surface area contributed by atoms with Gasteiger partial charge in [-0.3, -0.25) is 0 Å². The van der Waals surface area contributed by atoms with E-state index in [1.165, 1.54) is 21.2 Å². The number of aromatic nitrogens is 3. The van der Waals surface area contributed by atoms with Crippen molar-refractivity contribution in [3.8, 4) is 0 Å². The lowest BCUT2D eigenvalue weighted by atomic mass is 10.2. The maximum Gasteiger partial charge on any atom is 0.315 e. The van der Waals surface area contributed by atoms with Crippen LogP contribution in [0, 0.1) is 0 Å². The molecule has 0 saturated heterocycles. The molecule has 0 radical (unpaired) electrons. The quantitative estimate of drug-likeness (QED) is 0.606. The third-order valence-corrected chi connectivity index (χ3v) is 5.99. The summed E-state index contributed by atoms with van der Waals surface area (Å²) in [4.78, 5) is 17.1. The van der Waals surface area contributed by atoms with Crippen LogP contribution in [0.15, 0.2) is 64.6 Å². The summed E-state index contributed by atoms with van der Waals surface area (Å²) in [5.74, 6) is 0.721. The number of rotatable bonds is 6. The van der Waals surface area contributed by atoms with Gasteiger partial charge in [0, 0.05) is 29.9 Å². The first-order valence-electron chi connectivity index (χ1n) is 9.65. The van der Waals surface area contributed by atoms with E-state index in [1.54, 1.807) is 22.7 Å². The van der Waals surface area contributed by atoms with E-state index in [-0.39, 0.29) is 12.1 Å². The fourth-order valence-electron chi connectivity index (χ4n) is 3.46. The molecule has 2 N–H and O–H groups in total. The van der Waals surface area contributed by atoms with E-state index in [4.69, 9.17) is 0 Å². The van der Waals surface area contributed by atoms with Crippen LogP contribution in [-0.4, -0.2) is 33.9 Å². The summed E-state index contributed by atoms with van der Waals surface area (Å²) in [6.45, 7) is 3.31. The molecule has 1 unspecified atom stereocenters. The maximum atomic E-state index is 12.2. The van der Waals surface area contributed by atoms with Crippen LogP contribution in [0.5, 0.6) is 0 Å². The Bertz CT molecular complexity index is 959. The van der Waals surface area contributed by atoms with E-state index >= 15 is 0 Å². The van der Waals surface area contributed by atoms with Crippen LogP contribution in [0.4, 0.5) is 16.2 Å². The molecule has 2 amide bonds.